The van der Waals surface area contributed by atoms with Gasteiger partial charge in [0.25, 0.3) is 0 Å². The minimum atomic E-state index is -0.0782. The van der Waals surface area contributed by atoms with Crippen molar-refractivity contribution in [2.24, 2.45) is 0 Å². The van der Waals surface area contributed by atoms with Gasteiger partial charge >= 0.3 is 0 Å². The maximum Gasteiger partial charge on any atom is 0.221 e. The zero-order valence-electron chi connectivity index (χ0n) is 20.7. The predicted molar refractivity (Wildman–Crippen MR) is 144 cm³/mol. The first-order valence-corrected chi connectivity index (χ1v) is 12.5. The highest BCUT2D eigenvalue weighted by molar-refractivity contribution is 6.25. The number of anilines is 1. The Morgan fingerprint density at radius 1 is 0.865 bits per heavy atom. The number of ketones is 1. The van der Waals surface area contributed by atoms with Crippen molar-refractivity contribution in [2.45, 2.75) is 6.92 Å². The minimum absolute atomic E-state index is 0.0782. The van der Waals surface area contributed by atoms with Gasteiger partial charge in [0, 0.05) is 36.3 Å². The molecule has 2 aliphatic rings. The highest BCUT2D eigenvalue weighted by Gasteiger charge is 2.34. The number of hydrogen-bond donors (Lipinski definition) is 1. The molecule has 186 valence electrons. The van der Waals surface area contributed by atoms with Crippen molar-refractivity contribution in [1.29, 1.82) is 0 Å². The fourth-order valence-electron chi connectivity index (χ4n) is 5.01. The van der Waals surface area contributed by atoms with E-state index in [4.69, 9.17) is 15.2 Å². The maximum absolute atomic E-state index is 13.6. The summed E-state index contributed by atoms with van der Waals surface area (Å²) in [6.45, 7) is 6.98. The predicted octanol–water partition coefficient (Wildman–Crippen LogP) is 4.62. The number of benzene rings is 3. The Morgan fingerprint density at radius 2 is 1.54 bits per heavy atom. The minimum Gasteiger partial charge on any atom is -0.492 e. The zero-order chi connectivity index (χ0) is 25.4. The molecular weight excluding hydrogens is 464 g/mol. The summed E-state index contributed by atoms with van der Waals surface area (Å²) in [6, 6.07) is 21.7. The van der Waals surface area contributed by atoms with Crippen LogP contribution < -0.4 is 10.5 Å². The molecule has 1 aliphatic carbocycles. The maximum atomic E-state index is 13.6. The summed E-state index contributed by atoms with van der Waals surface area (Å²) in [5.41, 5.74) is 13.1. The lowest BCUT2D eigenvalue weighted by atomic mass is 9.96. The Kier molecular flexibility index (Phi) is 6.16. The van der Waals surface area contributed by atoms with E-state index in [1.54, 1.807) is 0 Å². The van der Waals surface area contributed by atoms with Gasteiger partial charge in [0.1, 0.15) is 12.4 Å². The molecule has 4 aromatic rings. The van der Waals surface area contributed by atoms with E-state index in [-0.39, 0.29) is 11.7 Å². The quantitative estimate of drug-likeness (QED) is 0.370. The highest BCUT2D eigenvalue weighted by atomic mass is 16.5. The van der Waals surface area contributed by atoms with Crippen LogP contribution in [0.2, 0.25) is 0 Å². The Morgan fingerprint density at radius 3 is 2.30 bits per heavy atom. The summed E-state index contributed by atoms with van der Waals surface area (Å²) in [4.78, 5) is 25.0. The number of hydrogen-bond acceptors (Lipinski definition) is 7. The Balaban J connectivity index is 1.31. The van der Waals surface area contributed by atoms with Gasteiger partial charge < -0.3 is 15.2 Å². The Bertz CT molecular complexity index is 1460. The Hall–Kier alpha value is -4.07. The summed E-state index contributed by atoms with van der Waals surface area (Å²) in [5.74, 6) is 0.883. The van der Waals surface area contributed by atoms with Gasteiger partial charge in [-0.25, -0.2) is 9.97 Å². The summed E-state index contributed by atoms with van der Waals surface area (Å²) < 4.78 is 11.4. The third-order valence-electron chi connectivity index (χ3n) is 6.97. The molecule has 0 bridgehead atoms. The van der Waals surface area contributed by atoms with Gasteiger partial charge in [-0.1, -0.05) is 60.2 Å². The van der Waals surface area contributed by atoms with E-state index in [9.17, 15) is 4.79 Å². The van der Waals surface area contributed by atoms with Crippen LogP contribution in [-0.2, 0) is 4.74 Å². The molecule has 0 atom stereocenters. The third-order valence-corrected chi connectivity index (χ3v) is 6.97. The monoisotopic (exact) mass is 492 g/mol. The number of nitrogens with two attached hydrogens (primary N) is 1. The standard InChI is InChI=1S/C30H28N4O3/c1-19-5-7-21(8-6-19)27-26-28(33-30(31)32-27)25-23(3-2-4-24(25)29(26)35)20-9-11-22(12-10-20)37-18-15-34-13-16-36-17-14-34/h2-12H,13-18H2,1H3,(H2,31,32,33). The average molecular weight is 493 g/mol. The summed E-state index contributed by atoms with van der Waals surface area (Å²) in [5, 5.41) is 0. The van der Waals surface area contributed by atoms with E-state index in [2.05, 4.69) is 14.9 Å². The molecule has 37 heavy (non-hydrogen) atoms. The molecule has 1 aliphatic heterocycles. The molecule has 6 rings (SSSR count). The van der Waals surface area contributed by atoms with Crippen LogP contribution in [0, 0.1) is 6.92 Å². The van der Waals surface area contributed by atoms with Crippen molar-refractivity contribution in [3.05, 3.63) is 83.4 Å². The van der Waals surface area contributed by atoms with Gasteiger partial charge in [0.2, 0.25) is 5.95 Å². The summed E-state index contributed by atoms with van der Waals surface area (Å²) >= 11 is 0. The summed E-state index contributed by atoms with van der Waals surface area (Å²) in [6.07, 6.45) is 0. The molecule has 0 amide bonds. The summed E-state index contributed by atoms with van der Waals surface area (Å²) in [7, 11) is 0. The van der Waals surface area contributed by atoms with Crippen LogP contribution in [0.4, 0.5) is 5.95 Å². The SMILES string of the molecule is Cc1ccc(-c2nc(N)nc3c2C(=O)c2cccc(-c4ccc(OCCN5CCOCC5)cc4)c2-3)cc1. The molecule has 1 fully saturated rings. The molecule has 0 radical (unpaired) electrons. The lowest BCUT2D eigenvalue weighted by molar-refractivity contribution is 0.0322. The van der Waals surface area contributed by atoms with Crippen LogP contribution in [0.5, 0.6) is 5.75 Å². The number of fused-ring (bicyclic) bond motifs is 3. The second-order valence-corrected chi connectivity index (χ2v) is 9.40. The molecule has 3 aromatic carbocycles. The van der Waals surface area contributed by atoms with Gasteiger partial charge in [0.15, 0.2) is 5.78 Å². The molecule has 1 saturated heterocycles. The first-order chi connectivity index (χ1) is 18.1. The molecule has 7 nitrogen and oxygen atoms in total. The zero-order valence-corrected chi connectivity index (χ0v) is 20.7. The van der Waals surface area contributed by atoms with Crippen LogP contribution in [0.25, 0.3) is 33.6 Å². The van der Waals surface area contributed by atoms with E-state index in [0.717, 1.165) is 66.4 Å². The number of aryl methyl sites for hydroxylation is 1. The lowest BCUT2D eigenvalue weighted by Gasteiger charge is -2.26. The molecule has 0 spiro atoms. The largest absolute Gasteiger partial charge is 0.492 e. The molecule has 7 heteroatoms. The molecular formula is C30H28N4O3. The van der Waals surface area contributed by atoms with Crippen molar-refractivity contribution in [3.8, 4) is 39.4 Å². The Labute approximate surface area is 215 Å². The van der Waals surface area contributed by atoms with Gasteiger partial charge in [-0.05, 0) is 30.2 Å². The topological polar surface area (TPSA) is 90.6 Å². The number of aromatic nitrogens is 2. The number of ether oxygens (including phenoxy) is 2. The smallest absolute Gasteiger partial charge is 0.221 e. The van der Waals surface area contributed by atoms with E-state index in [0.29, 0.717) is 29.1 Å². The highest BCUT2D eigenvalue weighted by Crippen LogP contribution is 2.45. The molecule has 2 N–H and O–H groups in total. The fourth-order valence-corrected chi connectivity index (χ4v) is 5.01. The second-order valence-electron chi connectivity index (χ2n) is 9.40. The van der Waals surface area contributed by atoms with Crippen molar-refractivity contribution < 1.29 is 14.3 Å². The van der Waals surface area contributed by atoms with Crippen molar-refractivity contribution >= 4 is 11.7 Å². The van der Waals surface area contributed by atoms with Crippen molar-refractivity contribution in [2.75, 3.05) is 45.2 Å². The number of rotatable bonds is 6. The number of carbonyl (C=O) groups is 1. The van der Waals surface area contributed by atoms with Gasteiger partial charge in [0.05, 0.1) is 30.2 Å². The van der Waals surface area contributed by atoms with E-state index in [1.807, 2.05) is 73.7 Å². The normalized spacial score (nSPS) is 14.9. The number of morpholine rings is 1. The van der Waals surface area contributed by atoms with Crippen LogP contribution in [0.3, 0.4) is 0 Å². The van der Waals surface area contributed by atoms with Crippen molar-refractivity contribution in [1.82, 2.24) is 14.9 Å². The fraction of sp³-hybridized carbons (Fsp3) is 0.233. The van der Waals surface area contributed by atoms with Crippen LogP contribution in [0.15, 0.2) is 66.7 Å². The lowest BCUT2D eigenvalue weighted by Crippen LogP contribution is -2.38. The van der Waals surface area contributed by atoms with Crippen LogP contribution >= 0.6 is 0 Å². The van der Waals surface area contributed by atoms with Crippen LogP contribution in [-0.4, -0.2) is 60.1 Å². The van der Waals surface area contributed by atoms with Crippen LogP contribution in [0.1, 0.15) is 21.5 Å². The molecule has 0 saturated carbocycles. The second kappa shape index (κ2) is 9.76. The third kappa shape index (κ3) is 4.48. The van der Waals surface area contributed by atoms with Gasteiger partial charge in [-0.15, -0.1) is 0 Å². The number of nitrogen functional groups attached to an aromatic ring is 1. The van der Waals surface area contributed by atoms with E-state index in [1.165, 1.54) is 0 Å². The van der Waals surface area contributed by atoms with Gasteiger partial charge in [-0.3, -0.25) is 9.69 Å². The van der Waals surface area contributed by atoms with Gasteiger partial charge in [-0.2, -0.15) is 0 Å². The number of carbonyl (C=O) groups excluding carboxylic acids is 1. The first-order valence-electron chi connectivity index (χ1n) is 12.5. The number of nitrogens with zero attached hydrogens (tertiary/aromatic N) is 3. The molecule has 1 aromatic heterocycles. The molecule has 2 heterocycles. The van der Waals surface area contributed by atoms with E-state index >= 15 is 0 Å². The van der Waals surface area contributed by atoms with E-state index < -0.39 is 0 Å². The first kappa shape index (κ1) is 23.3. The average Bonchev–Trinajstić information content (AvgIpc) is 3.21. The van der Waals surface area contributed by atoms with Crippen molar-refractivity contribution in [3.63, 3.8) is 0 Å². The molecule has 0 unspecified atom stereocenters.